The summed E-state index contributed by atoms with van der Waals surface area (Å²) in [5.41, 5.74) is 0. The molecule has 0 amide bonds. The summed E-state index contributed by atoms with van der Waals surface area (Å²) in [4.78, 5) is 0. The highest BCUT2D eigenvalue weighted by Crippen LogP contribution is 2.17. The molecule has 54 valence electrons. The van der Waals surface area contributed by atoms with Crippen LogP contribution in [0.3, 0.4) is 0 Å². The number of hydrogen-bond donors (Lipinski definition) is 1. The Kier molecular flexibility index (Phi) is 1.35. The van der Waals surface area contributed by atoms with Gasteiger partial charge in [0.2, 0.25) is 0 Å². The minimum absolute atomic E-state index is 0.301. The van der Waals surface area contributed by atoms with Gasteiger partial charge in [0.05, 0.1) is 0 Å². The number of hydrogen-bond acceptors (Lipinski definition) is 4. The molecule has 2 rings (SSSR count). The normalized spacial score (nSPS) is 25.4. The van der Waals surface area contributed by atoms with Crippen molar-refractivity contribution < 1.29 is 0 Å². The second-order valence-electron chi connectivity index (χ2n) is 2.39. The fraction of sp³-hybridized carbons (Fsp3) is 0.800. The predicted molar refractivity (Wildman–Crippen MR) is 33.1 cm³/mol. The van der Waals surface area contributed by atoms with E-state index in [4.69, 9.17) is 0 Å². The van der Waals surface area contributed by atoms with E-state index in [2.05, 4.69) is 25.9 Å². The van der Waals surface area contributed by atoms with E-state index in [0.717, 1.165) is 18.8 Å². The van der Waals surface area contributed by atoms with Crippen LogP contribution >= 0.6 is 0 Å². The predicted octanol–water partition coefficient (Wildman–Crippen LogP) is -0.747. The molecule has 0 aromatic carbocycles. The third-order valence-corrected chi connectivity index (χ3v) is 1.71. The zero-order valence-electron chi connectivity index (χ0n) is 5.49. The molecule has 0 radical (unpaired) electrons. The molecule has 1 unspecified atom stereocenters. The Morgan fingerprint density at radius 2 is 2.60 bits per heavy atom. The average molecular weight is 138 g/mol. The zero-order chi connectivity index (χ0) is 6.81. The monoisotopic (exact) mass is 138 g/mol. The van der Waals surface area contributed by atoms with E-state index in [0.29, 0.717) is 6.04 Å². The first kappa shape index (κ1) is 5.79. The van der Waals surface area contributed by atoms with E-state index in [9.17, 15) is 0 Å². The number of nitrogens with one attached hydrogen (secondary N) is 1. The van der Waals surface area contributed by atoms with Crippen LogP contribution in [0, 0.1) is 0 Å². The van der Waals surface area contributed by atoms with E-state index in [1.807, 2.05) is 0 Å². The summed E-state index contributed by atoms with van der Waals surface area (Å²) in [5, 5.41) is 17.6. The maximum atomic E-state index is 3.76. The third-order valence-electron chi connectivity index (χ3n) is 1.71. The molecule has 0 saturated carbocycles. The molecule has 10 heavy (non-hydrogen) atoms. The first-order valence-corrected chi connectivity index (χ1v) is 3.39. The zero-order valence-corrected chi connectivity index (χ0v) is 5.49. The van der Waals surface area contributed by atoms with Gasteiger partial charge < -0.3 is 10.4 Å². The Labute approximate surface area is 58.2 Å². The first-order chi connectivity index (χ1) is 4.97. The van der Waals surface area contributed by atoms with Gasteiger partial charge in [-0.2, -0.15) is 5.21 Å². The first-order valence-electron chi connectivity index (χ1n) is 3.39. The van der Waals surface area contributed by atoms with Crippen molar-refractivity contribution in [2.45, 2.75) is 18.9 Å². The summed E-state index contributed by atoms with van der Waals surface area (Å²) < 4.78 is 0. The smallest absolute Gasteiger partial charge is 0.0388 e. The number of tetrazole rings is 1. The molecule has 1 saturated heterocycles. The van der Waals surface area contributed by atoms with Gasteiger partial charge in [0.1, 0.15) is 0 Å². The summed E-state index contributed by atoms with van der Waals surface area (Å²) in [5.74, 6) is 0.734. The van der Waals surface area contributed by atoms with Crippen molar-refractivity contribution in [2.24, 2.45) is 0 Å². The minimum Gasteiger partial charge on any atom is -0.334 e. The summed E-state index contributed by atoms with van der Waals surface area (Å²) in [6, 6.07) is 0.301. The molecule has 1 aliphatic heterocycles. The molecule has 1 aliphatic rings. The van der Waals surface area contributed by atoms with Gasteiger partial charge in [-0.25, -0.2) is 0 Å². The van der Waals surface area contributed by atoms with E-state index in [1.54, 1.807) is 0 Å². The van der Waals surface area contributed by atoms with Crippen LogP contribution in [0.5, 0.6) is 0 Å². The van der Waals surface area contributed by atoms with Gasteiger partial charge in [-0.3, -0.25) is 10.3 Å². The van der Waals surface area contributed by atoms with E-state index >= 15 is 0 Å². The molecule has 1 aromatic rings. The lowest BCUT2D eigenvalue weighted by molar-refractivity contribution is 0.603. The van der Waals surface area contributed by atoms with Crippen LogP contribution in [-0.2, 0) is 0 Å². The van der Waals surface area contributed by atoms with Crippen molar-refractivity contribution in [3.8, 4) is 0 Å². The minimum atomic E-state index is 0.301. The van der Waals surface area contributed by atoms with Gasteiger partial charge >= 0.3 is 0 Å². The molecule has 5 heteroatoms. The summed E-state index contributed by atoms with van der Waals surface area (Å²) in [6.45, 7) is 1.05. The van der Waals surface area contributed by atoms with Crippen molar-refractivity contribution in [2.75, 3.05) is 6.54 Å². The van der Waals surface area contributed by atoms with Crippen LogP contribution in [0.1, 0.15) is 24.7 Å². The van der Waals surface area contributed by atoms with Crippen molar-refractivity contribution in [3.63, 3.8) is 0 Å². The molecule has 5 nitrogen and oxygen atoms in total. The highest BCUT2D eigenvalue weighted by molar-refractivity contribution is 4.91. The topological polar surface area (TPSA) is 64.8 Å². The number of nitrogens with zero attached hydrogens (tertiary/aromatic N) is 4. The number of aromatic nitrogens is 4. The molecule has 0 spiro atoms. The van der Waals surface area contributed by atoms with Gasteiger partial charge in [-0.1, -0.05) is 0 Å². The summed E-state index contributed by atoms with van der Waals surface area (Å²) in [6.07, 6.45) is 2.30. The second-order valence-corrected chi connectivity index (χ2v) is 2.39. The van der Waals surface area contributed by atoms with Gasteiger partial charge in [0.25, 0.3) is 0 Å². The highest BCUT2D eigenvalue weighted by Gasteiger charge is 2.14. The molecule has 2 heterocycles. The second kappa shape index (κ2) is 2.34. The molecule has 0 aliphatic carbocycles. The Balaban J connectivity index is 2.12. The summed E-state index contributed by atoms with van der Waals surface area (Å²) in [7, 11) is 0. The molecule has 1 aromatic heterocycles. The van der Waals surface area contributed by atoms with Gasteiger partial charge in [0.15, 0.2) is 0 Å². The molecule has 1 atom stereocenters. The van der Waals surface area contributed by atoms with E-state index in [1.165, 1.54) is 6.42 Å². The third kappa shape index (κ3) is 0.881. The lowest BCUT2D eigenvalue weighted by Gasteiger charge is -2.07. The largest absolute Gasteiger partial charge is 0.334 e. The fourth-order valence-electron chi connectivity index (χ4n) is 1.20. The Morgan fingerprint density at radius 1 is 1.60 bits per heavy atom. The molecular weight excluding hydrogens is 130 g/mol. The standard InChI is InChI=1S/C5H8N5/c1-2-4(6-3-1)5-7-9-10-8-5/h4,6H,1-3H2/q-1. The fourth-order valence-corrected chi connectivity index (χ4v) is 1.20. The van der Waals surface area contributed by atoms with Crippen molar-refractivity contribution in [1.82, 2.24) is 25.9 Å². The van der Waals surface area contributed by atoms with Gasteiger partial charge in [0, 0.05) is 11.9 Å². The molecule has 1 N–H and O–H groups in total. The van der Waals surface area contributed by atoms with Crippen LogP contribution in [-0.4, -0.2) is 22.1 Å². The SMILES string of the molecule is C1CNC(c2nnn[n-]2)C1. The quantitative estimate of drug-likeness (QED) is 0.553. The molecular formula is C5H8N5-. The van der Waals surface area contributed by atoms with Gasteiger partial charge in [-0.15, -0.1) is 0 Å². The Bertz CT molecular complexity index is 188. The van der Waals surface area contributed by atoms with E-state index < -0.39 is 0 Å². The van der Waals surface area contributed by atoms with Gasteiger partial charge in [-0.05, 0) is 19.4 Å². The number of rotatable bonds is 1. The highest BCUT2D eigenvalue weighted by atomic mass is 15.5. The lowest BCUT2D eigenvalue weighted by atomic mass is 10.2. The maximum absolute atomic E-state index is 3.76. The summed E-state index contributed by atoms with van der Waals surface area (Å²) >= 11 is 0. The Hall–Kier alpha value is -0.970. The van der Waals surface area contributed by atoms with Crippen LogP contribution in [0.2, 0.25) is 0 Å². The van der Waals surface area contributed by atoms with Crippen molar-refractivity contribution >= 4 is 0 Å². The van der Waals surface area contributed by atoms with Crippen LogP contribution in [0.25, 0.3) is 0 Å². The maximum Gasteiger partial charge on any atom is 0.0388 e. The lowest BCUT2D eigenvalue weighted by Crippen LogP contribution is -2.14. The molecule has 0 bridgehead atoms. The van der Waals surface area contributed by atoms with Crippen LogP contribution in [0.4, 0.5) is 0 Å². The van der Waals surface area contributed by atoms with E-state index in [-0.39, 0.29) is 0 Å². The van der Waals surface area contributed by atoms with Crippen molar-refractivity contribution in [3.05, 3.63) is 5.82 Å². The molecule has 1 fully saturated rings. The van der Waals surface area contributed by atoms with Crippen LogP contribution < -0.4 is 10.4 Å². The van der Waals surface area contributed by atoms with Crippen LogP contribution in [0.15, 0.2) is 0 Å². The van der Waals surface area contributed by atoms with Crippen molar-refractivity contribution in [1.29, 1.82) is 0 Å². The Morgan fingerprint density at radius 3 is 3.20 bits per heavy atom. The average Bonchev–Trinajstić information content (AvgIpc) is 2.59.